The first-order valence-electron chi connectivity index (χ1n) is 5.70. The van der Waals surface area contributed by atoms with Crippen molar-refractivity contribution in [3.8, 4) is 5.88 Å². The molecule has 0 aromatic carbocycles. The number of ether oxygens (including phenoxy) is 2. The number of aromatic nitrogens is 2. The molecule has 1 aromatic rings. The van der Waals surface area contributed by atoms with Crippen LogP contribution in [0, 0.1) is 0 Å². The summed E-state index contributed by atoms with van der Waals surface area (Å²) in [5, 5.41) is 3.05. The summed E-state index contributed by atoms with van der Waals surface area (Å²) >= 11 is 5.48. The van der Waals surface area contributed by atoms with Gasteiger partial charge in [0.2, 0.25) is 11.8 Å². The standard InChI is InChI=1S/C11H18ClN3O2/c1-2-7-17-10-3-5-13-11(15-10)14-6-9-16-8-4-12/h3,5H,2,4,6-9H2,1H3,(H,13,14,15). The van der Waals surface area contributed by atoms with Gasteiger partial charge < -0.3 is 14.8 Å². The van der Waals surface area contributed by atoms with Crippen molar-refractivity contribution in [2.24, 2.45) is 0 Å². The van der Waals surface area contributed by atoms with E-state index in [4.69, 9.17) is 21.1 Å². The number of hydrogen-bond donors (Lipinski definition) is 1. The van der Waals surface area contributed by atoms with Gasteiger partial charge in [-0.15, -0.1) is 11.6 Å². The Bertz CT molecular complexity index is 313. The molecule has 0 radical (unpaired) electrons. The fourth-order valence-electron chi connectivity index (χ4n) is 1.11. The third-order valence-electron chi connectivity index (χ3n) is 1.84. The summed E-state index contributed by atoms with van der Waals surface area (Å²) in [7, 11) is 0. The summed E-state index contributed by atoms with van der Waals surface area (Å²) in [5.74, 6) is 1.65. The van der Waals surface area contributed by atoms with Crippen molar-refractivity contribution >= 4 is 17.5 Å². The van der Waals surface area contributed by atoms with Gasteiger partial charge >= 0.3 is 0 Å². The van der Waals surface area contributed by atoms with Gasteiger partial charge in [0.25, 0.3) is 0 Å². The first-order chi connectivity index (χ1) is 8.36. The highest BCUT2D eigenvalue weighted by atomic mass is 35.5. The molecule has 0 bridgehead atoms. The average Bonchev–Trinajstić information content (AvgIpc) is 2.37. The fraction of sp³-hybridized carbons (Fsp3) is 0.636. The van der Waals surface area contributed by atoms with Crippen LogP contribution in [0.3, 0.4) is 0 Å². The Hall–Kier alpha value is -1.07. The molecule has 0 aliphatic heterocycles. The summed E-state index contributed by atoms with van der Waals surface area (Å²) in [6.45, 7) is 4.50. The molecule has 96 valence electrons. The van der Waals surface area contributed by atoms with Gasteiger partial charge in [0.15, 0.2) is 0 Å². The second-order valence-corrected chi connectivity index (χ2v) is 3.67. The molecule has 1 heterocycles. The second-order valence-electron chi connectivity index (χ2n) is 3.30. The second kappa shape index (κ2) is 9.01. The van der Waals surface area contributed by atoms with Crippen LogP contribution in [-0.4, -0.2) is 42.2 Å². The highest BCUT2D eigenvalue weighted by molar-refractivity contribution is 6.17. The Labute approximate surface area is 107 Å². The predicted octanol–water partition coefficient (Wildman–Crippen LogP) is 1.93. The lowest BCUT2D eigenvalue weighted by atomic mass is 10.5. The third kappa shape index (κ3) is 6.28. The van der Waals surface area contributed by atoms with Crippen LogP contribution in [0.5, 0.6) is 5.88 Å². The quantitative estimate of drug-likeness (QED) is 0.543. The van der Waals surface area contributed by atoms with Crippen LogP contribution in [0.1, 0.15) is 13.3 Å². The van der Waals surface area contributed by atoms with E-state index in [-0.39, 0.29) is 0 Å². The van der Waals surface area contributed by atoms with Gasteiger partial charge in [0.05, 0.1) is 19.8 Å². The van der Waals surface area contributed by atoms with Crippen LogP contribution in [0.2, 0.25) is 0 Å². The van der Waals surface area contributed by atoms with E-state index < -0.39 is 0 Å². The number of nitrogens with zero attached hydrogens (tertiary/aromatic N) is 2. The zero-order valence-electron chi connectivity index (χ0n) is 9.99. The lowest BCUT2D eigenvalue weighted by Crippen LogP contribution is -2.12. The van der Waals surface area contributed by atoms with E-state index in [1.165, 1.54) is 0 Å². The lowest BCUT2D eigenvalue weighted by molar-refractivity contribution is 0.159. The first-order valence-corrected chi connectivity index (χ1v) is 6.23. The maximum atomic E-state index is 5.48. The van der Waals surface area contributed by atoms with Gasteiger partial charge in [-0.2, -0.15) is 4.98 Å². The molecule has 17 heavy (non-hydrogen) atoms. The molecule has 0 aliphatic rings. The molecule has 1 rings (SSSR count). The molecule has 0 unspecified atom stereocenters. The monoisotopic (exact) mass is 259 g/mol. The Morgan fingerprint density at radius 2 is 2.24 bits per heavy atom. The Balaban J connectivity index is 2.27. The molecule has 5 nitrogen and oxygen atoms in total. The van der Waals surface area contributed by atoms with E-state index >= 15 is 0 Å². The van der Waals surface area contributed by atoms with Crippen LogP contribution in [0.15, 0.2) is 12.3 Å². The van der Waals surface area contributed by atoms with Gasteiger partial charge in [-0.3, -0.25) is 0 Å². The van der Waals surface area contributed by atoms with Crippen molar-refractivity contribution in [1.82, 2.24) is 9.97 Å². The van der Waals surface area contributed by atoms with Crippen LogP contribution in [0.4, 0.5) is 5.95 Å². The summed E-state index contributed by atoms with van der Waals surface area (Å²) in [6.07, 6.45) is 2.62. The van der Waals surface area contributed by atoms with E-state index in [1.54, 1.807) is 12.3 Å². The number of rotatable bonds is 9. The molecule has 1 aromatic heterocycles. The maximum absolute atomic E-state index is 5.48. The minimum atomic E-state index is 0.511. The molecule has 0 spiro atoms. The van der Waals surface area contributed by atoms with Crippen molar-refractivity contribution in [2.45, 2.75) is 13.3 Å². The average molecular weight is 260 g/mol. The number of halogens is 1. The lowest BCUT2D eigenvalue weighted by Gasteiger charge is -2.07. The zero-order valence-corrected chi connectivity index (χ0v) is 10.7. The summed E-state index contributed by atoms with van der Waals surface area (Å²) < 4.78 is 10.6. The number of hydrogen-bond acceptors (Lipinski definition) is 5. The van der Waals surface area contributed by atoms with Gasteiger partial charge in [-0.1, -0.05) is 6.92 Å². The molecule has 0 amide bonds. The molecule has 0 atom stereocenters. The normalized spacial score (nSPS) is 10.2. The highest BCUT2D eigenvalue weighted by Crippen LogP contribution is 2.08. The van der Waals surface area contributed by atoms with Crippen molar-refractivity contribution in [1.29, 1.82) is 0 Å². The van der Waals surface area contributed by atoms with E-state index in [1.807, 2.05) is 0 Å². The van der Waals surface area contributed by atoms with Crippen LogP contribution in [0.25, 0.3) is 0 Å². The molecule has 0 aliphatic carbocycles. The van der Waals surface area contributed by atoms with E-state index in [9.17, 15) is 0 Å². The molecule has 0 saturated carbocycles. The van der Waals surface area contributed by atoms with Gasteiger partial charge in [-0.05, 0) is 6.42 Å². The van der Waals surface area contributed by atoms with Gasteiger partial charge in [0.1, 0.15) is 0 Å². The Morgan fingerprint density at radius 3 is 3.00 bits per heavy atom. The van der Waals surface area contributed by atoms with Crippen LogP contribution in [-0.2, 0) is 4.74 Å². The number of nitrogens with one attached hydrogen (secondary N) is 1. The summed E-state index contributed by atoms with van der Waals surface area (Å²) in [4.78, 5) is 8.28. The van der Waals surface area contributed by atoms with Gasteiger partial charge in [-0.25, -0.2) is 4.98 Å². The Morgan fingerprint density at radius 1 is 1.35 bits per heavy atom. The minimum absolute atomic E-state index is 0.511. The molecular formula is C11H18ClN3O2. The number of alkyl halides is 1. The molecule has 6 heteroatoms. The molecule has 0 fully saturated rings. The molecule has 0 saturated heterocycles. The minimum Gasteiger partial charge on any atom is -0.478 e. The number of anilines is 1. The summed E-state index contributed by atoms with van der Waals surface area (Å²) in [5.41, 5.74) is 0. The van der Waals surface area contributed by atoms with Gasteiger partial charge in [0, 0.05) is 24.7 Å². The van der Waals surface area contributed by atoms with Crippen LogP contribution < -0.4 is 10.1 Å². The smallest absolute Gasteiger partial charge is 0.226 e. The van der Waals surface area contributed by atoms with Crippen molar-refractivity contribution in [2.75, 3.05) is 37.6 Å². The Kier molecular flexibility index (Phi) is 7.42. The van der Waals surface area contributed by atoms with Crippen molar-refractivity contribution in [3.63, 3.8) is 0 Å². The first kappa shape index (κ1) is 14.0. The third-order valence-corrected chi connectivity index (χ3v) is 1.99. The highest BCUT2D eigenvalue weighted by Gasteiger charge is 1.99. The maximum Gasteiger partial charge on any atom is 0.226 e. The van der Waals surface area contributed by atoms with Crippen molar-refractivity contribution < 1.29 is 9.47 Å². The summed E-state index contributed by atoms with van der Waals surface area (Å²) in [6, 6.07) is 1.74. The zero-order chi connectivity index (χ0) is 12.3. The molecule has 1 N–H and O–H groups in total. The fourth-order valence-corrected chi connectivity index (χ4v) is 1.22. The topological polar surface area (TPSA) is 56.3 Å². The van der Waals surface area contributed by atoms with E-state index in [0.717, 1.165) is 6.42 Å². The van der Waals surface area contributed by atoms with E-state index in [0.29, 0.717) is 44.1 Å². The van der Waals surface area contributed by atoms with Crippen molar-refractivity contribution in [3.05, 3.63) is 12.3 Å². The molecular weight excluding hydrogens is 242 g/mol. The van der Waals surface area contributed by atoms with E-state index in [2.05, 4.69) is 22.2 Å². The largest absolute Gasteiger partial charge is 0.478 e. The van der Waals surface area contributed by atoms with Crippen LogP contribution >= 0.6 is 11.6 Å². The predicted molar refractivity (Wildman–Crippen MR) is 67.8 cm³/mol. The SMILES string of the molecule is CCCOc1ccnc(NCCOCCCl)n1.